The molecule has 3 nitrogen and oxygen atoms in total. The number of halogens is 2. The van der Waals surface area contributed by atoms with Crippen LogP contribution in [0, 0.1) is 0 Å². The second kappa shape index (κ2) is 4.20. The summed E-state index contributed by atoms with van der Waals surface area (Å²) in [6, 6.07) is 6.58. The molecule has 0 fully saturated rings. The lowest BCUT2D eigenvalue weighted by Gasteiger charge is -2.04. The third kappa shape index (κ3) is 1.92. The van der Waals surface area contributed by atoms with Crippen LogP contribution in [0.2, 0.25) is 10.0 Å². The van der Waals surface area contributed by atoms with Gasteiger partial charge in [-0.15, -0.1) is 0 Å². The normalized spacial score (nSPS) is 10.4. The standard InChI is InChI=1S/C11H7Cl2NO2/c12-6-1-2-9(13)8(5-6)7-3-4-14-10(7)11(15)16/h1-5,14H,(H,15,16). The van der Waals surface area contributed by atoms with E-state index in [9.17, 15) is 4.79 Å². The summed E-state index contributed by atoms with van der Waals surface area (Å²) in [4.78, 5) is 13.6. The molecule has 0 atom stereocenters. The SMILES string of the molecule is O=C(O)c1[nH]ccc1-c1cc(Cl)ccc1Cl. The molecule has 0 aliphatic heterocycles. The number of aromatic amines is 1. The first-order chi connectivity index (χ1) is 7.59. The van der Waals surface area contributed by atoms with Gasteiger partial charge in [0.25, 0.3) is 0 Å². The van der Waals surface area contributed by atoms with Crippen molar-refractivity contribution in [1.29, 1.82) is 0 Å². The van der Waals surface area contributed by atoms with Crippen molar-refractivity contribution >= 4 is 29.2 Å². The van der Waals surface area contributed by atoms with E-state index in [2.05, 4.69) is 4.98 Å². The Kier molecular flexibility index (Phi) is 2.90. The van der Waals surface area contributed by atoms with Crippen molar-refractivity contribution in [2.75, 3.05) is 0 Å². The first-order valence-electron chi connectivity index (χ1n) is 4.45. The molecular formula is C11H7Cl2NO2. The van der Waals surface area contributed by atoms with Gasteiger partial charge in [0.2, 0.25) is 0 Å². The van der Waals surface area contributed by atoms with Crippen molar-refractivity contribution in [3.8, 4) is 11.1 Å². The lowest BCUT2D eigenvalue weighted by atomic mass is 10.1. The summed E-state index contributed by atoms with van der Waals surface area (Å²) in [6.45, 7) is 0. The summed E-state index contributed by atoms with van der Waals surface area (Å²) >= 11 is 11.8. The van der Waals surface area contributed by atoms with Crippen LogP contribution in [0.15, 0.2) is 30.5 Å². The number of carboxylic acid groups (broad SMARTS) is 1. The Balaban J connectivity index is 2.62. The van der Waals surface area contributed by atoms with E-state index >= 15 is 0 Å². The second-order valence-corrected chi connectivity index (χ2v) is 4.04. The molecule has 2 rings (SSSR count). The predicted molar refractivity (Wildman–Crippen MR) is 63.2 cm³/mol. The minimum atomic E-state index is -1.03. The highest BCUT2D eigenvalue weighted by molar-refractivity contribution is 6.35. The van der Waals surface area contributed by atoms with Crippen LogP contribution in [0.25, 0.3) is 11.1 Å². The van der Waals surface area contributed by atoms with Crippen LogP contribution in [0.5, 0.6) is 0 Å². The molecule has 1 heterocycles. The van der Waals surface area contributed by atoms with Crippen molar-refractivity contribution in [3.63, 3.8) is 0 Å². The average Bonchev–Trinajstić information content (AvgIpc) is 2.70. The topological polar surface area (TPSA) is 53.1 Å². The van der Waals surface area contributed by atoms with Gasteiger partial charge < -0.3 is 10.1 Å². The highest BCUT2D eigenvalue weighted by Gasteiger charge is 2.15. The summed E-state index contributed by atoms with van der Waals surface area (Å²) in [5.41, 5.74) is 1.23. The van der Waals surface area contributed by atoms with Crippen molar-refractivity contribution < 1.29 is 9.90 Å². The summed E-state index contributed by atoms with van der Waals surface area (Å²) in [6.07, 6.45) is 1.55. The van der Waals surface area contributed by atoms with Crippen LogP contribution in [-0.2, 0) is 0 Å². The smallest absolute Gasteiger partial charge is 0.352 e. The zero-order valence-electron chi connectivity index (χ0n) is 8.00. The molecule has 0 radical (unpaired) electrons. The maximum atomic E-state index is 10.9. The lowest BCUT2D eigenvalue weighted by molar-refractivity contribution is 0.0692. The number of benzene rings is 1. The number of rotatable bonds is 2. The summed E-state index contributed by atoms with van der Waals surface area (Å²) in [5.74, 6) is -1.03. The van der Waals surface area contributed by atoms with Crippen LogP contribution in [-0.4, -0.2) is 16.1 Å². The molecule has 0 spiro atoms. The number of H-pyrrole nitrogens is 1. The van der Waals surface area contributed by atoms with E-state index in [4.69, 9.17) is 28.3 Å². The molecule has 0 saturated heterocycles. The number of aromatic nitrogens is 1. The first-order valence-corrected chi connectivity index (χ1v) is 5.21. The number of carbonyl (C=O) groups is 1. The van der Waals surface area contributed by atoms with Crippen LogP contribution < -0.4 is 0 Å². The van der Waals surface area contributed by atoms with Crippen LogP contribution in [0.4, 0.5) is 0 Å². The molecule has 2 aromatic rings. The predicted octanol–water partition coefficient (Wildman–Crippen LogP) is 3.69. The van der Waals surface area contributed by atoms with Crippen molar-refractivity contribution in [3.05, 3.63) is 46.2 Å². The van der Waals surface area contributed by atoms with Gasteiger partial charge in [0.05, 0.1) is 0 Å². The number of hydrogen-bond donors (Lipinski definition) is 2. The van der Waals surface area contributed by atoms with Crippen molar-refractivity contribution in [2.45, 2.75) is 0 Å². The highest BCUT2D eigenvalue weighted by Crippen LogP contribution is 2.32. The zero-order valence-corrected chi connectivity index (χ0v) is 9.51. The Morgan fingerprint density at radius 1 is 1.19 bits per heavy atom. The molecule has 0 bridgehead atoms. The fourth-order valence-corrected chi connectivity index (χ4v) is 1.87. The Hall–Kier alpha value is -1.45. The lowest BCUT2D eigenvalue weighted by Crippen LogP contribution is -1.98. The van der Waals surface area contributed by atoms with Crippen molar-refractivity contribution in [2.24, 2.45) is 0 Å². The van der Waals surface area contributed by atoms with E-state index in [0.29, 0.717) is 21.2 Å². The van der Waals surface area contributed by atoms with Gasteiger partial charge in [0, 0.05) is 27.4 Å². The third-order valence-electron chi connectivity index (χ3n) is 2.18. The Morgan fingerprint density at radius 2 is 1.94 bits per heavy atom. The van der Waals surface area contributed by atoms with E-state index in [-0.39, 0.29) is 5.69 Å². The van der Waals surface area contributed by atoms with Gasteiger partial charge in [0.1, 0.15) is 5.69 Å². The maximum Gasteiger partial charge on any atom is 0.352 e. The van der Waals surface area contributed by atoms with Crippen LogP contribution in [0.3, 0.4) is 0 Å². The summed E-state index contributed by atoms with van der Waals surface area (Å²) in [5, 5.41) is 9.94. The molecule has 0 aliphatic carbocycles. The van der Waals surface area contributed by atoms with Crippen LogP contribution >= 0.6 is 23.2 Å². The largest absolute Gasteiger partial charge is 0.477 e. The van der Waals surface area contributed by atoms with Gasteiger partial charge in [-0.1, -0.05) is 23.2 Å². The molecule has 0 amide bonds. The fraction of sp³-hybridized carbons (Fsp3) is 0. The Bertz CT molecular complexity index is 549. The Morgan fingerprint density at radius 3 is 2.62 bits per heavy atom. The van der Waals surface area contributed by atoms with E-state index in [1.54, 1.807) is 30.5 Å². The molecule has 0 unspecified atom stereocenters. The number of nitrogens with one attached hydrogen (secondary N) is 1. The van der Waals surface area contributed by atoms with E-state index in [1.807, 2.05) is 0 Å². The number of hydrogen-bond acceptors (Lipinski definition) is 1. The quantitative estimate of drug-likeness (QED) is 0.860. The number of carboxylic acids is 1. The highest BCUT2D eigenvalue weighted by atomic mass is 35.5. The molecular weight excluding hydrogens is 249 g/mol. The molecule has 0 saturated carbocycles. The van der Waals surface area contributed by atoms with Gasteiger partial charge in [0.15, 0.2) is 0 Å². The molecule has 1 aromatic heterocycles. The molecule has 1 aromatic carbocycles. The van der Waals surface area contributed by atoms with E-state index < -0.39 is 5.97 Å². The van der Waals surface area contributed by atoms with Gasteiger partial charge in [-0.05, 0) is 24.3 Å². The Labute approximate surface area is 102 Å². The van der Waals surface area contributed by atoms with Gasteiger partial charge in [-0.25, -0.2) is 4.79 Å². The summed E-state index contributed by atoms with van der Waals surface area (Å²) in [7, 11) is 0. The molecule has 82 valence electrons. The average molecular weight is 256 g/mol. The van der Waals surface area contributed by atoms with Gasteiger partial charge in [-0.2, -0.15) is 0 Å². The third-order valence-corrected chi connectivity index (χ3v) is 2.74. The molecule has 16 heavy (non-hydrogen) atoms. The van der Waals surface area contributed by atoms with E-state index in [1.165, 1.54) is 0 Å². The van der Waals surface area contributed by atoms with Gasteiger partial charge in [-0.3, -0.25) is 0 Å². The second-order valence-electron chi connectivity index (χ2n) is 3.20. The minimum Gasteiger partial charge on any atom is -0.477 e. The minimum absolute atomic E-state index is 0.101. The van der Waals surface area contributed by atoms with Crippen LogP contribution in [0.1, 0.15) is 10.5 Å². The summed E-state index contributed by atoms with van der Waals surface area (Å²) < 4.78 is 0. The van der Waals surface area contributed by atoms with Gasteiger partial charge >= 0.3 is 5.97 Å². The zero-order chi connectivity index (χ0) is 11.7. The molecule has 0 aliphatic rings. The first kappa shape index (κ1) is 11.0. The molecule has 2 N–H and O–H groups in total. The van der Waals surface area contributed by atoms with Crippen molar-refractivity contribution in [1.82, 2.24) is 4.98 Å². The van der Waals surface area contributed by atoms with E-state index in [0.717, 1.165) is 0 Å². The molecule has 5 heteroatoms. The fourth-order valence-electron chi connectivity index (χ4n) is 1.47. The maximum absolute atomic E-state index is 10.9. The monoisotopic (exact) mass is 255 g/mol. The number of aromatic carboxylic acids is 1.